The quantitative estimate of drug-likeness (QED) is 0.362. The molecule has 0 saturated heterocycles. The number of hydrogen-bond acceptors (Lipinski definition) is 3. The van der Waals surface area contributed by atoms with Gasteiger partial charge in [0, 0.05) is 18.0 Å². The lowest BCUT2D eigenvalue weighted by Gasteiger charge is -2.33. The highest BCUT2D eigenvalue weighted by molar-refractivity contribution is 6.30. The van der Waals surface area contributed by atoms with Crippen LogP contribution in [0.15, 0.2) is 47.3 Å². The fourth-order valence-electron chi connectivity index (χ4n) is 4.23. The Balaban J connectivity index is 2.29. The number of aryl methyl sites for hydroxylation is 1. The number of para-hydroxylation sites is 1. The summed E-state index contributed by atoms with van der Waals surface area (Å²) in [6.45, 7) is 11.0. The molecule has 3 rings (SSSR count). The van der Waals surface area contributed by atoms with E-state index in [1.807, 2.05) is 56.0 Å². The normalized spacial score (nSPS) is 12.3. The Hall–Kier alpha value is -2.66. The molecule has 1 unspecified atom stereocenters. The van der Waals surface area contributed by atoms with Crippen molar-refractivity contribution in [2.75, 3.05) is 6.54 Å². The zero-order chi connectivity index (χ0) is 24.1. The summed E-state index contributed by atoms with van der Waals surface area (Å²) in [5.74, 6) is 1.16. The van der Waals surface area contributed by atoms with Crippen LogP contribution in [-0.2, 0) is 4.79 Å². The molecule has 0 aliphatic rings. The molecule has 176 valence electrons. The van der Waals surface area contributed by atoms with Gasteiger partial charge >= 0.3 is 0 Å². The lowest BCUT2D eigenvalue weighted by atomic mass is 10.1. The molecule has 3 aromatic rings. The van der Waals surface area contributed by atoms with Crippen LogP contribution >= 0.6 is 11.6 Å². The van der Waals surface area contributed by atoms with E-state index in [1.54, 1.807) is 16.7 Å². The lowest BCUT2D eigenvalue weighted by Crippen LogP contribution is -2.39. The van der Waals surface area contributed by atoms with Gasteiger partial charge in [-0.15, -0.1) is 0 Å². The zero-order valence-electron chi connectivity index (χ0n) is 20.3. The molecule has 0 aliphatic carbocycles. The first-order valence-corrected chi connectivity index (χ1v) is 12.2. The molecule has 1 heterocycles. The molecule has 33 heavy (non-hydrogen) atoms. The van der Waals surface area contributed by atoms with E-state index in [0.717, 1.165) is 24.1 Å². The molecule has 0 fully saturated rings. The minimum Gasteiger partial charge on any atom is -0.332 e. The van der Waals surface area contributed by atoms with E-state index in [-0.39, 0.29) is 17.5 Å². The average Bonchev–Trinajstić information content (AvgIpc) is 2.77. The number of halogens is 1. The van der Waals surface area contributed by atoms with Crippen LogP contribution in [0.4, 0.5) is 0 Å². The Bertz CT molecular complexity index is 1190. The van der Waals surface area contributed by atoms with Crippen LogP contribution in [0.3, 0.4) is 0 Å². The number of carbonyl (C=O) groups is 1. The second-order valence-electron chi connectivity index (χ2n) is 9.00. The Morgan fingerprint density at radius 2 is 1.88 bits per heavy atom. The highest BCUT2D eigenvalue weighted by atomic mass is 35.5. The molecule has 0 spiro atoms. The predicted octanol–water partition coefficient (Wildman–Crippen LogP) is 6.47. The largest absolute Gasteiger partial charge is 0.332 e. The fraction of sp³-hybridized carbons (Fsp3) is 0.444. The third kappa shape index (κ3) is 5.47. The molecule has 6 heteroatoms. The fourth-order valence-corrected chi connectivity index (χ4v) is 4.45. The molecular formula is C27H34ClN3O2. The average molecular weight is 468 g/mol. The minimum absolute atomic E-state index is 0.104. The summed E-state index contributed by atoms with van der Waals surface area (Å²) in [5.41, 5.74) is 2.13. The summed E-state index contributed by atoms with van der Waals surface area (Å²) < 4.78 is 1.68. The molecule has 5 nitrogen and oxygen atoms in total. The van der Waals surface area contributed by atoms with Gasteiger partial charge in [0.2, 0.25) is 5.91 Å². The van der Waals surface area contributed by atoms with Crippen molar-refractivity contribution in [1.29, 1.82) is 0 Å². The second-order valence-corrected chi connectivity index (χ2v) is 9.44. The van der Waals surface area contributed by atoms with Crippen molar-refractivity contribution >= 4 is 28.4 Å². The van der Waals surface area contributed by atoms with E-state index < -0.39 is 0 Å². The standard InChI is InChI=1S/C27H34ClN3O2/c1-6-10-25(32)30(16-15-18(3)4)23(7-2)26-29-22-12-9-8-11-21(22)27(33)31(26)24-14-13-20(28)17-19(24)5/h8-9,11-14,17-18,23H,6-7,10,15-16H2,1-5H3. The molecule has 1 amide bonds. The summed E-state index contributed by atoms with van der Waals surface area (Å²) in [6.07, 6.45) is 2.81. The van der Waals surface area contributed by atoms with Gasteiger partial charge in [0.1, 0.15) is 5.82 Å². The first kappa shape index (κ1) is 25.0. The molecule has 0 aliphatic heterocycles. The molecule has 0 saturated carbocycles. The number of rotatable bonds is 9. The van der Waals surface area contributed by atoms with Crippen molar-refractivity contribution < 1.29 is 4.79 Å². The summed E-state index contributed by atoms with van der Waals surface area (Å²) in [4.78, 5) is 33.9. The Kier molecular flexibility index (Phi) is 8.30. The van der Waals surface area contributed by atoms with Crippen molar-refractivity contribution in [3.8, 4) is 5.69 Å². The van der Waals surface area contributed by atoms with E-state index in [2.05, 4.69) is 13.8 Å². The number of benzene rings is 2. The van der Waals surface area contributed by atoms with Crippen molar-refractivity contribution in [3.63, 3.8) is 0 Å². The summed E-state index contributed by atoms with van der Waals surface area (Å²) in [5, 5.41) is 1.17. The maximum Gasteiger partial charge on any atom is 0.266 e. The monoisotopic (exact) mass is 467 g/mol. The van der Waals surface area contributed by atoms with E-state index >= 15 is 0 Å². The summed E-state index contributed by atoms with van der Waals surface area (Å²) in [6, 6.07) is 12.6. The van der Waals surface area contributed by atoms with Gasteiger partial charge in [-0.1, -0.05) is 51.4 Å². The maximum absolute atomic E-state index is 13.8. The van der Waals surface area contributed by atoms with E-state index in [1.165, 1.54) is 0 Å². The molecule has 2 aromatic carbocycles. The molecule has 1 atom stereocenters. The first-order valence-electron chi connectivity index (χ1n) is 11.9. The van der Waals surface area contributed by atoms with Gasteiger partial charge in [0.05, 0.1) is 22.6 Å². The van der Waals surface area contributed by atoms with Gasteiger partial charge in [-0.05, 0) is 68.0 Å². The number of nitrogens with zero attached hydrogens (tertiary/aromatic N) is 3. The highest BCUT2D eigenvalue weighted by Gasteiger charge is 2.29. The summed E-state index contributed by atoms with van der Waals surface area (Å²) >= 11 is 6.21. The molecule has 1 aromatic heterocycles. The third-order valence-corrected chi connectivity index (χ3v) is 6.23. The van der Waals surface area contributed by atoms with Gasteiger partial charge in [0.15, 0.2) is 0 Å². The number of hydrogen-bond donors (Lipinski definition) is 0. The minimum atomic E-state index is -0.310. The van der Waals surface area contributed by atoms with Gasteiger partial charge < -0.3 is 4.90 Å². The molecular weight excluding hydrogens is 434 g/mol. The van der Waals surface area contributed by atoms with Crippen molar-refractivity contribution in [2.24, 2.45) is 5.92 Å². The topological polar surface area (TPSA) is 55.2 Å². The number of fused-ring (bicyclic) bond motifs is 1. The Morgan fingerprint density at radius 3 is 2.52 bits per heavy atom. The van der Waals surface area contributed by atoms with Crippen LogP contribution < -0.4 is 5.56 Å². The van der Waals surface area contributed by atoms with E-state index in [0.29, 0.717) is 47.1 Å². The van der Waals surface area contributed by atoms with Crippen molar-refractivity contribution in [1.82, 2.24) is 14.5 Å². The van der Waals surface area contributed by atoms with Crippen molar-refractivity contribution in [3.05, 3.63) is 69.2 Å². The Morgan fingerprint density at radius 1 is 1.15 bits per heavy atom. The molecule has 0 bridgehead atoms. The number of amides is 1. The SMILES string of the molecule is CCCC(=O)N(CCC(C)C)C(CC)c1nc2ccccc2c(=O)n1-c1ccc(Cl)cc1C. The van der Waals surface area contributed by atoms with Crippen LogP contribution in [-0.4, -0.2) is 26.9 Å². The number of carbonyl (C=O) groups excluding carboxylic acids is 1. The van der Waals surface area contributed by atoms with Crippen LogP contribution in [0, 0.1) is 12.8 Å². The smallest absolute Gasteiger partial charge is 0.266 e. The molecule has 0 N–H and O–H groups in total. The predicted molar refractivity (Wildman–Crippen MR) is 136 cm³/mol. The highest BCUT2D eigenvalue weighted by Crippen LogP contribution is 2.29. The van der Waals surface area contributed by atoms with Gasteiger partial charge in [-0.3, -0.25) is 14.2 Å². The third-order valence-electron chi connectivity index (χ3n) is 5.99. The van der Waals surface area contributed by atoms with Crippen molar-refractivity contribution in [2.45, 2.75) is 66.3 Å². The first-order chi connectivity index (χ1) is 15.8. The Labute approximate surface area is 201 Å². The second kappa shape index (κ2) is 11.0. The number of aromatic nitrogens is 2. The van der Waals surface area contributed by atoms with Crippen LogP contribution in [0.25, 0.3) is 16.6 Å². The molecule has 0 radical (unpaired) electrons. The van der Waals surface area contributed by atoms with Gasteiger partial charge in [-0.2, -0.15) is 0 Å². The van der Waals surface area contributed by atoms with Crippen LogP contribution in [0.1, 0.15) is 70.8 Å². The maximum atomic E-state index is 13.8. The summed E-state index contributed by atoms with van der Waals surface area (Å²) in [7, 11) is 0. The van der Waals surface area contributed by atoms with Gasteiger partial charge in [-0.25, -0.2) is 4.98 Å². The van der Waals surface area contributed by atoms with Crippen LogP contribution in [0.5, 0.6) is 0 Å². The lowest BCUT2D eigenvalue weighted by molar-refractivity contribution is -0.134. The zero-order valence-corrected chi connectivity index (χ0v) is 21.0. The van der Waals surface area contributed by atoms with Crippen LogP contribution in [0.2, 0.25) is 5.02 Å². The van der Waals surface area contributed by atoms with E-state index in [9.17, 15) is 9.59 Å². The van der Waals surface area contributed by atoms with E-state index in [4.69, 9.17) is 16.6 Å². The van der Waals surface area contributed by atoms with Gasteiger partial charge in [0.25, 0.3) is 5.56 Å².